The van der Waals surface area contributed by atoms with E-state index in [0.29, 0.717) is 11.3 Å². The van der Waals surface area contributed by atoms with Crippen molar-refractivity contribution < 1.29 is 9.31 Å². The van der Waals surface area contributed by atoms with Crippen LogP contribution in [0, 0.1) is 22.9 Å². The topological polar surface area (TPSA) is 93.0 Å². The Hall–Kier alpha value is -2.77. The molecule has 0 unspecified atom stereocenters. The number of aromatic nitrogens is 2. The highest BCUT2D eigenvalue weighted by Gasteiger charge is 2.17. The van der Waals surface area contributed by atoms with Crippen LogP contribution in [0.3, 0.4) is 0 Å². The van der Waals surface area contributed by atoms with Gasteiger partial charge in [-0.05, 0) is 24.6 Å². The molecule has 7 nitrogen and oxygen atoms in total. The van der Waals surface area contributed by atoms with Crippen LogP contribution in [0.1, 0.15) is 5.56 Å². The quantitative estimate of drug-likeness (QED) is 0.659. The van der Waals surface area contributed by atoms with E-state index in [9.17, 15) is 14.5 Å². The molecule has 0 aliphatic heterocycles. The van der Waals surface area contributed by atoms with E-state index in [4.69, 9.17) is 0 Å². The third-order valence-electron chi connectivity index (χ3n) is 2.62. The van der Waals surface area contributed by atoms with Crippen LogP contribution in [0.4, 0.5) is 27.5 Å². The molecule has 0 fully saturated rings. The Bertz CT molecular complexity index is 662. The molecule has 104 valence electrons. The fourth-order valence-corrected chi connectivity index (χ4v) is 1.53. The number of hydrogen-bond acceptors (Lipinski definition) is 6. The molecular formula is C12H12FN5O2. The lowest BCUT2D eigenvalue weighted by atomic mass is 10.2. The first kappa shape index (κ1) is 13.7. The molecule has 1 aromatic carbocycles. The average Bonchev–Trinajstić information content (AvgIpc) is 2.42. The molecular weight excluding hydrogens is 265 g/mol. The molecule has 0 aliphatic carbocycles. The number of benzene rings is 1. The van der Waals surface area contributed by atoms with E-state index in [1.807, 2.05) is 0 Å². The summed E-state index contributed by atoms with van der Waals surface area (Å²) in [5.41, 5.74) is 0.575. The van der Waals surface area contributed by atoms with Gasteiger partial charge in [0, 0.05) is 12.7 Å². The van der Waals surface area contributed by atoms with Gasteiger partial charge in [0.15, 0.2) is 0 Å². The summed E-state index contributed by atoms with van der Waals surface area (Å²) < 4.78 is 13.5. The summed E-state index contributed by atoms with van der Waals surface area (Å²) in [6.07, 6.45) is 1.09. The molecule has 1 heterocycles. The number of anilines is 3. The van der Waals surface area contributed by atoms with E-state index < -0.39 is 10.7 Å². The van der Waals surface area contributed by atoms with E-state index in [1.54, 1.807) is 26.1 Å². The standard InChI is InChI=1S/C12H12FN5O2/c1-7-3-4-8(5-9(7)13)16-11-10(18(19)20)6-15-12(14-2)17-11/h3-6H,1-2H3,(H2,14,15,16,17). The molecule has 0 bridgehead atoms. The number of nitrogens with one attached hydrogen (secondary N) is 2. The lowest BCUT2D eigenvalue weighted by Crippen LogP contribution is -2.04. The zero-order chi connectivity index (χ0) is 14.7. The van der Waals surface area contributed by atoms with Gasteiger partial charge in [-0.1, -0.05) is 6.07 Å². The molecule has 20 heavy (non-hydrogen) atoms. The summed E-state index contributed by atoms with van der Waals surface area (Å²) in [4.78, 5) is 18.1. The summed E-state index contributed by atoms with van der Waals surface area (Å²) in [6.45, 7) is 1.63. The van der Waals surface area contributed by atoms with Crippen LogP contribution in [0.15, 0.2) is 24.4 Å². The first-order valence-electron chi connectivity index (χ1n) is 5.73. The number of rotatable bonds is 4. The van der Waals surface area contributed by atoms with Crippen LogP contribution in [0.2, 0.25) is 0 Å². The van der Waals surface area contributed by atoms with E-state index in [0.717, 1.165) is 6.20 Å². The van der Waals surface area contributed by atoms with Crippen molar-refractivity contribution >= 4 is 23.1 Å². The number of nitrogens with zero attached hydrogens (tertiary/aromatic N) is 3. The van der Waals surface area contributed by atoms with Crippen LogP contribution in [-0.2, 0) is 0 Å². The molecule has 0 amide bonds. The number of hydrogen-bond donors (Lipinski definition) is 2. The van der Waals surface area contributed by atoms with Gasteiger partial charge in [0.2, 0.25) is 11.8 Å². The van der Waals surface area contributed by atoms with Crippen molar-refractivity contribution in [1.29, 1.82) is 0 Å². The maximum atomic E-state index is 13.5. The van der Waals surface area contributed by atoms with Gasteiger partial charge in [0.1, 0.15) is 12.0 Å². The summed E-state index contributed by atoms with van der Waals surface area (Å²) in [6, 6.07) is 4.44. The summed E-state index contributed by atoms with van der Waals surface area (Å²) >= 11 is 0. The minimum atomic E-state index is -0.605. The molecule has 0 atom stereocenters. The second kappa shape index (κ2) is 5.47. The summed E-state index contributed by atoms with van der Waals surface area (Å²) in [5, 5.41) is 16.3. The Kier molecular flexibility index (Phi) is 3.74. The number of nitro groups is 1. The van der Waals surface area contributed by atoms with Crippen molar-refractivity contribution in [3.05, 3.63) is 45.9 Å². The molecule has 0 saturated heterocycles. The summed E-state index contributed by atoms with van der Waals surface area (Å²) in [7, 11) is 1.59. The smallest absolute Gasteiger partial charge is 0.329 e. The van der Waals surface area contributed by atoms with Crippen LogP contribution < -0.4 is 10.6 Å². The summed E-state index contributed by atoms with van der Waals surface area (Å²) in [5.74, 6) is -0.177. The van der Waals surface area contributed by atoms with E-state index in [1.165, 1.54) is 6.07 Å². The maximum absolute atomic E-state index is 13.5. The predicted molar refractivity (Wildman–Crippen MR) is 72.7 cm³/mol. The van der Waals surface area contributed by atoms with Gasteiger partial charge in [-0.2, -0.15) is 4.98 Å². The zero-order valence-electron chi connectivity index (χ0n) is 10.8. The fourth-order valence-electron chi connectivity index (χ4n) is 1.53. The SMILES string of the molecule is CNc1ncc([N+](=O)[O-])c(Nc2ccc(C)c(F)c2)n1. The highest BCUT2D eigenvalue weighted by molar-refractivity contribution is 5.66. The largest absolute Gasteiger partial charge is 0.357 e. The first-order valence-corrected chi connectivity index (χ1v) is 5.73. The molecule has 0 saturated carbocycles. The lowest BCUT2D eigenvalue weighted by molar-refractivity contribution is -0.384. The Morgan fingerprint density at radius 1 is 1.40 bits per heavy atom. The third-order valence-corrected chi connectivity index (χ3v) is 2.62. The van der Waals surface area contributed by atoms with E-state index >= 15 is 0 Å². The van der Waals surface area contributed by atoms with E-state index in [-0.39, 0.29) is 17.5 Å². The van der Waals surface area contributed by atoms with Crippen LogP contribution >= 0.6 is 0 Å². The van der Waals surface area contributed by atoms with Crippen LogP contribution in [-0.4, -0.2) is 21.9 Å². The molecule has 0 radical (unpaired) electrons. The van der Waals surface area contributed by atoms with Gasteiger partial charge in [-0.3, -0.25) is 10.1 Å². The van der Waals surface area contributed by atoms with Gasteiger partial charge in [-0.25, -0.2) is 9.37 Å². The van der Waals surface area contributed by atoms with Crippen molar-refractivity contribution in [1.82, 2.24) is 9.97 Å². The Balaban J connectivity index is 2.40. The van der Waals surface area contributed by atoms with Gasteiger partial charge in [0.05, 0.1) is 4.92 Å². The average molecular weight is 277 g/mol. The first-order chi connectivity index (χ1) is 9.51. The maximum Gasteiger partial charge on any atom is 0.329 e. The van der Waals surface area contributed by atoms with Crippen LogP contribution in [0.25, 0.3) is 0 Å². The molecule has 8 heteroatoms. The van der Waals surface area contributed by atoms with Crippen LogP contribution in [0.5, 0.6) is 0 Å². The Morgan fingerprint density at radius 2 is 2.15 bits per heavy atom. The van der Waals surface area contributed by atoms with Gasteiger partial charge in [0.25, 0.3) is 0 Å². The molecule has 2 rings (SSSR count). The van der Waals surface area contributed by atoms with Gasteiger partial charge in [-0.15, -0.1) is 0 Å². The van der Waals surface area contributed by atoms with E-state index in [2.05, 4.69) is 20.6 Å². The minimum absolute atomic E-state index is 0.00222. The molecule has 2 N–H and O–H groups in total. The third kappa shape index (κ3) is 2.79. The fraction of sp³-hybridized carbons (Fsp3) is 0.167. The highest BCUT2D eigenvalue weighted by atomic mass is 19.1. The zero-order valence-corrected chi connectivity index (χ0v) is 10.8. The predicted octanol–water partition coefficient (Wildman–Crippen LogP) is 2.62. The molecule has 0 aliphatic rings. The van der Waals surface area contributed by atoms with Crippen molar-refractivity contribution in [3.63, 3.8) is 0 Å². The van der Waals surface area contributed by atoms with Crippen molar-refractivity contribution in [2.45, 2.75) is 6.92 Å². The van der Waals surface area contributed by atoms with Gasteiger partial charge < -0.3 is 10.6 Å². The van der Waals surface area contributed by atoms with Crippen molar-refractivity contribution in [3.8, 4) is 0 Å². The molecule has 1 aromatic heterocycles. The monoisotopic (exact) mass is 277 g/mol. The number of aryl methyl sites for hydroxylation is 1. The molecule has 0 spiro atoms. The second-order valence-corrected chi connectivity index (χ2v) is 4.02. The van der Waals surface area contributed by atoms with Crippen molar-refractivity contribution in [2.75, 3.05) is 17.7 Å². The lowest BCUT2D eigenvalue weighted by Gasteiger charge is -2.08. The minimum Gasteiger partial charge on any atom is -0.357 e. The molecule has 2 aromatic rings. The van der Waals surface area contributed by atoms with Crippen molar-refractivity contribution in [2.24, 2.45) is 0 Å². The Labute approximate surface area is 114 Å². The Morgan fingerprint density at radius 3 is 2.75 bits per heavy atom. The normalized spacial score (nSPS) is 10.2. The second-order valence-electron chi connectivity index (χ2n) is 4.02. The highest BCUT2D eigenvalue weighted by Crippen LogP contribution is 2.26. The van der Waals surface area contributed by atoms with Gasteiger partial charge >= 0.3 is 5.69 Å². The number of halogens is 1.